The van der Waals surface area contributed by atoms with Crippen LogP contribution in [0.4, 0.5) is 0 Å². The summed E-state index contributed by atoms with van der Waals surface area (Å²) in [5, 5.41) is 9.35. The third kappa shape index (κ3) is 3.01. The Balaban J connectivity index is 1.36. The number of nitrogens with zero attached hydrogens (tertiary/aromatic N) is 3. The molecule has 5 rings (SSSR count). The lowest BCUT2D eigenvalue weighted by atomic mass is 9.86. The van der Waals surface area contributed by atoms with Crippen molar-refractivity contribution in [3.63, 3.8) is 0 Å². The molecule has 2 atom stereocenters. The Bertz CT molecular complexity index is 993. The van der Waals surface area contributed by atoms with E-state index in [-0.39, 0.29) is 5.78 Å². The number of nitrogens with one attached hydrogen (secondary N) is 1. The Morgan fingerprint density at radius 1 is 1.30 bits per heavy atom. The lowest BCUT2D eigenvalue weighted by Gasteiger charge is -2.36. The highest BCUT2D eigenvalue weighted by Crippen LogP contribution is 2.39. The van der Waals surface area contributed by atoms with Crippen LogP contribution < -0.4 is 0 Å². The Morgan fingerprint density at radius 2 is 2.07 bits per heavy atom. The number of ketones is 1. The lowest BCUT2D eigenvalue weighted by molar-refractivity contribution is 0.0879. The van der Waals surface area contributed by atoms with Gasteiger partial charge in [-0.15, -0.1) is 11.3 Å². The number of piperidine rings is 1. The first-order chi connectivity index (χ1) is 13.1. The van der Waals surface area contributed by atoms with Crippen molar-refractivity contribution in [2.24, 2.45) is 5.92 Å². The molecule has 27 heavy (non-hydrogen) atoms. The fourth-order valence-corrected chi connectivity index (χ4v) is 5.66. The molecule has 1 aromatic carbocycles. The molecule has 1 N–H and O–H groups in total. The van der Waals surface area contributed by atoms with Crippen LogP contribution in [-0.2, 0) is 0 Å². The van der Waals surface area contributed by atoms with Gasteiger partial charge in [0.1, 0.15) is 10.7 Å². The highest BCUT2D eigenvalue weighted by molar-refractivity contribution is 7.14. The molecule has 4 heterocycles. The molecule has 140 valence electrons. The second-order valence-electron chi connectivity index (χ2n) is 8.12. The molecular formula is C21H24N4OS. The molecular weight excluding hydrogens is 356 g/mol. The van der Waals surface area contributed by atoms with Crippen LogP contribution in [0.3, 0.4) is 0 Å². The Kier molecular flexibility index (Phi) is 4.13. The summed E-state index contributed by atoms with van der Waals surface area (Å²) in [6.45, 7) is 2.06. The number of carbonyl (C=O) groups excluding carboxylic acids is 1. The molecule has 2 saturated heterocycles. The first kappa shape index (κ1) is 17.1. The van der Waals surface area contributed by atoms with Crippen LogP contribution in [0.1, 0.15) is 47.5 Å². The molecule has 5 nitrogen and oxygen atoms in total. The number of hydrogen-bond acceptors (Lipinski definition) is 5. The summed E-state index contributed by atoms with van der Waals surface area (Å²) in [5.41, 5.74) is 2.57. The number of hydrogen-bond donors (Lipinski definition) is 1. The summed E-state index contributed by atoms with van der Waals surface area (Å²) < 4.78 is 0. The predicted octanol–water partition coefficient (Wildman–Crippen LogP) is 4.44. The number of carbonyl (C=O) groups is 1. The van der Waals surface area contributed by atoms with Crippen molar-refractivity contribution >= 4 is 28.0 Å². The van der Waals surface area contributed by atoms with Gasteiger partial charge >= 0.3 is 0 Å². The van der Waals surface area contributed by atoms with Crippen LogP contribution in [0.2, 0.25) is 0 Å². The van der Waals surface area contributed by atoms with Crippen LogP contribution in [-0.4, -0.2) is 45.0 Å². The summed E-state index contributed by atoms with van der Waals surface area (Å²) in [7, 11) is 2.24. The first-order valence-electron chi connectivity index (χ1n) is 9.74. The number of fused-ring (bicyclic) bond motifs is 3. The molecule has 2 aromatic heterocycles. The van der Waals surface area contributed by atoms with Crippen molar-refractivity contribution in [3.05, 3.63) is 35.0 Å². The molecule has 0 aliphatic carbocycles. The molecule has 2 bridgehead atoms. The van der Waals surface area contributed by atoms with Crippen molar-refractivity contribution in [1.29, 1.82) is 0 Å². The van der Waals surface area contributed by atoms with Crippen molar-refractivity contribution < 1.29 is 4.79 Å². The number of aryl methyl sites for hydroxylation is 1. The van der Waals surface area contributed by atoms with E-state index in [0.717, 1.165) is 34.3 Å². The standard InChI is InChI=1S/C21H24N4OS/c1-12-11-22-21(27-12)14-3-6-17-18(10-14)23-24-20(17)19(26)9-13-7-15-4-5-16(8-13)25(15)2/h3,6,10-11,13,15-16H,4-5,7-9H2,1-2H3,(H,23,24). The van der Waals surface area contributed by atoms with Crippen LogP contribution in [0.15, 0.2) is 24.4 Å². The number of rotatable bonds is 4. The zero-order valence-corrected chi connectivity index (χ0v) is 16.6. The van der Waals surface area contributed by atoms with Crippen molar-refractivity contribution in [2.75, 3.05) is 7.05 Å². The Hall–Kier alpha value is -2.05. The minimum absolute atomic E-state index is 0.174. The maximum absolute atomic E-state index is 13.0. The quantitative estimate of drug-likeness (QED) is 0.680. The number of thiazole rings is 1. The van der Waals surface area contributed by atoms with E-state index >= 15 is 0 Å². The third-order valence-corrected chi connectivity index (χ3v) is 7.33. The predicted molar refractivity (Wildman–Crippen MR) is 108 cm³/mol. The normalized spacial score (nSPS) is 25.3. The van der Waals surface area contributed by atoms with E-state index < -0.39 is 0 Å². The van der Waals surface area contributed by atoms with E-state index in [2.05, 4.69) is 34.1 Å². The van der Waals surface area contributed by atoms with Gasteiger partial charge in [0.15, 0.2) is 5.78 Å². The van der Waals surface area contributed by atoms with Gasteiger partial charge in [-0.1, -0.05) is 6.07 Å². The number of aromatic amines is 1. The zero-order valence-electron chi connectivity index (χ0n) is 15.7. The number of Topliss-reactive ketones (excluding diaryl/α,β-unsaturated/α-hetero) is 1. The molecule has 6 heteroatoms. The largest absolute Gasteiger partial charge is 0.300 e. The molecule has 0 radical (unpaired) electrons. The van der Waals surface area contributed by atoms with Gasteiger partial charge in [-0.05, 0) is 57.7 Å². The van der Waals surface area contributed by atoms with Gasteiger partial charge in [0.25, 0.3) is 0 Å². The highest BCUT2D eigenvalue weighted by Gasteiger charge is 2.39. The lowest BCUT2D eigenvalue weighted by Crippen LogP contribution is -2.40. The van der Waals surface area contributed by atoms with Gasteiger partial charge in [0, 0.05) is 40.5 Å². The molecule has 0 spiro atoms. The smallest absolute Gasteiger partial charge is 0.183 e. The van der Waals surface area contributed by atoms with Gasteiger partial charge in [-0.3, -0.25) is 9.89 Å². The molecule has 2 aliphatic heterocycles. The molecule has 3 aromatic rings. The zero-order chi connectivity index (χ0) is 18.5. The first-order valence-corrected chi connectivity index (χ1v) is 10.6. The van der Waals surface area contributed by atoms with Gasteiger partial charge in [-0.25, -0.2) is 4.98 Å². The van der Waals surface area contributed by atoms with Gasteiger partial charge in [0.2, 0.25) is 0 Å². The van der Waals surface area contributed by atoms with Crippen molar-refractivity contribution in [2.45, 2.75) is 51.1 Å². The number of aromatic nitrogens is 3. The maximum atomic E-state index is 13.0. The highest BCUT2D eigenvalue weighted by atomic mass is 32.1. The van der Waals surface area contributed by atoms with Crippen molar-refractivity contribution in [3.8, 4) is 10.6 Å². The maximum Gasteiger partial charge on any atom is 0.183 e. The molecule has 0 amide bonds. The molecule has 0 saturated carbocycles. The van der Waals surface area contributed by atoms with E-state index in [4.69, 9.17) is 0 Å². The monoisotopic (exact) mass is 380 g/mol. The Morgan fingerprint density at radius 3 is 2.78 bits per heavy atom. The van der Waals surface area contributed by atoms with Gasteiger partial charge < -0.3 is 4.90 Å². The summed E-state index contributed by atoms with van der Waals surface area (Å²) in [6.07, 6.45) is 7.38. The fraction of sp³-hybridized carbons (Fsp3) is 0.476. The second kappa shape index (κ2) is 6.53. The number of benzene rings is 1. The van der Waals surface area contributed by atoms with E-state index in [9.17, 15) is 4.79 Å². The van der Waals surface area contributed by atoms with Crippen LogP contribution >= 0.6 is 11.3 Å². The minimum atomic E-state index is 0.174. The van der Waals surface area contributed by atoms with Crippen LogP contribution in [0, 0.1) is 12.8 Å². The topological polar surface area (TPSA) is 61.9 Å². The Labute approximate surface area is 162 Å². The van der Waals surface area contributed by atoms with E-state index in [1.807, 2.05) is 24.4 Å². The van der Waals surface area contributed by atoms with E-state index in [1.54, 1.807) is 11.3 Å². The van der Waals surface area contributed by atoms with Gasteiger partial charge in [0.05, 0.1) is 5.52 Å². The van der Waals surface area contributed by atoms with Gasteiger partial charge in [-0.2, -0.15) is 5.10 Å². The SMILES string of the molecule is Cc1cnc(-c2ccc3c(C(=O)CC4CC5CCC(C4)N5C)n[nH]c3c2)s1. The molecule has 2 unspecified atom stereocenters. The van der Waals surface area contributed by atoms with Crippen molar-refractivity contribution in [1.82, 2.24) is 20.1 Å². The average molecular weight is 381 g/mol. The minimum Gasteiger partial charge on any atom is -0.300 e. The van der Waals surface area contributed by atoms with E-state index in [1.165, 1.54) is 17.7 Å². The third-order valence-electron chi connectivity index (χ3n) is 6.37. The summed E-state index contributed by atoms with van der Waals surface area (Å²) >= 11 is 1.68. The number of H-pyrrole nitrogens is 1. The van der Waals surface area contributed by atoms with Crippen LogP contribution in [0.25, 0.3) is 21.5 Å². The molecule has 2 aliphatic rings. The molecule has 2 fully saturated rings. The summed E-state index contributed by atoms with van der Waals surface area (Å²) in [6, 6.07) is 7.44. The van der Waals surface area contributed by atoms with E-state index in [0.29, 0.717) is 30.1 Å². The average Bonchev–Trinajstić information content (AvgIpc) is 3.31. The fourth-order valence-electron chi connectivity index (χ4n) is 4.90. The summed E-state index contributed by atoms with van der Waals surface area (Å²) in [5.74, 6) is 0.670. The second-order valence-corrected chi connectivity index (χ2v) is 9.36. The summed E-state index contributed by atoms with van der Waals surface area (Å²) in [4.78, 5) is 21.1. The van der Waals surface area contributed by atoms with Crippen LogP contribution in [0.5, 0.6) is 0 Å².